The van der Waals surface area contributed by atoms with Crippen LogP contribution in [0.25, 0.3) is 0 Å². The average molecular weight is 254 g/mol. The van der Waals surface area contributed by atoms with Crippen molar-refractivity contribution in [3.63, 3.8) is 0 Å². The lowest BCUT2D eigenvalue weighted by Crippen LogP contribution is -2.09. The molecule has 0 aliphatic carbocycles. The summed E-state index contributed by atoms with van der Waals surface area (Å²) in [6.45, 7) is 1.66. The largest absolute Gasteiger partial charge is 0.339 e. The Kier molecular flexibility index (Phi) is 3.10. The maximum absolute atomic E-state index is 13.3. The summed E-state index contributed by atoms with van der Waals surface area (Å²) in [6, 6.07) is 4.62. The number of nitrogens with zero attached hydrogens (tertiary/aromatic N) is 1. The molecule has 0 radical (unpaired) electrons. The van der Waals surface area contributed by atoms with Gasteiger partial charge in [-0.05, 0) is 24.6 Å². The van der Waals surface area contributed by atoms with Crippen molar-refractivity contribution in [3.05, 3.63) is 51.3 Å². The van der Waals surface area contributed by atoms with E-state index in [0.29, 0.717) is 11.3 Å². The molecule has 0 atom stereocenters. The lowest BCUT2D eigenvalue weighted by Gasteiger charge is -2.07. The number of H-pyrrole nitrogens is 1. The van der Waals surface area contributed by atoms with E-state index in [1.807, 2.05) is 0 Å². The third kappa shape index (κ3) is 2.45. The smallest absolute Gasteiger partial charge is 0.271 e. The minimum Gasteiger partial charge on any atom is -0.339 e. The highest BCUT2D eigenvalue weighted by Gasteiger charge is 2.06. The predicted molar refractivity (Wildman–Crippen MR) is 64.3 cm³/mol. The number of aromatic nitrogens is 2. The second-order valence-corrected chi connectivity index (χ2v) is 3.86. The van der Waals surface area contributed by atoms with Crippen molar-refractivity contribution in [1.82, 2.24) is 9.97 Å². The van der Waals surface area contributed by atoms with Crippen molar-refractivity contribution in [2.75, 3.05) is 5.32 Å². The molecule has 1 heterocycles. The van der Waals surface area contributed by atoms with Crippen LogP contribution in [0.4, 0.5) is 15.9 Å². The molecule has 0 spiro atoms. The highest BCUT2D eigenvalue weighted by molar-refractivity contribution is 6.32. The van der Waals surface area contributed by atoms with Crippen molar-refractivity contribution in [1.29, 1.82) is 0 Å². The van der Waals surface area contributed by atoms with Gasteiger partial charge in [0.05, 0.1) is 6.33 Å². The molecular formula is C11H9ClFN3O. The zero-order chi connectivity index (χ0) is 12.4. The predicted octanol–water partition coefficient (Wildman–Crippen LogP) is 2.61. The van der Waals surface area contributed by atoms with Crippen LogP contribution in [0.3, 0.4) is 0 Å². The number of halogens is 2. The summed E-state index contributed by atoms with van der Waals surface area (Å²) in [7, 11) is 0. The van der Waals surface area contributed by atoms with Crippen LogP contribution in [0, 0.1) is 12.7 Å². The fourth-order valence-corrected chi connectivity index (χ4v) is 1.43. The molecule has 2 aromatic rings. The molecule has 0 aliphatic heterocycles. The van der Waals surface area contributed by atoms with Crippen molar-refractivity contribution < 1.29 is 4.39 Å². The van der Waals surface area contributed by atoms with E-state index in [9.17, 15) is 9.18 Å². The molecule has 1 aromatic carbocycles. The second-order valence-electron chi connectivity index (χ2n) is 3.48. The Morgan fingerprint density at radius 2 is 2.24 bits per heavy atom. The Bertz CT molecular complexity index is 612. The first kappa shape index (κ1) is 11.6. The van der Waals surface area contributed by atoms with Crippen LogP contribution in [0.15, 0.2) is 29.3 Å². The second kappa shape index (κ2) is 4.55. The molecule has 0 fully saturated rings. The number of nitrogens with one attached hydrogen (secondary N) is 2. The summed E-state index contributed by atoms with van der Waals surface area (Å²) in [4.78, 5) is 17.4. The van der Waals surface area contributed by atoms with Crippen LogP contribution in [0.2, 0.25) is 5.02 Å². The summed E-state index contributed by atoms with van der Waals surface area (Å²) in [5.74, 6) is -0.144. The quantitative estimate of drug-likeness (QED) is 0.865. The standard InChI is InChI=1S/C11H9ClFN3O/c1-6-2-3-7(4-8(6)13)16-10-9(12)11(17)15-5-14-10/h2-5H,1H3,(H2,14,15,16,17). The molecule has 2 N–H and O–H groups in total. The van der Waals surface area contributed by atoms with E-state index in [1.165, 1.54) is 12.4 Å². The lowest BCUT2D eigenvalue weighted by molar-refractivity contribution is 0.619. The first-order valence-corrected chi connectivity index (χ1v) is 5.22. The highest BCUT2D eigenvalue weighted by Crippen LogP contribution is 2.20. The number of hydrogen-bond acceptors (Lipinski definition) is 3. The lowest BCUT2D eigenvalue weighted by atomic mass is 10.2. The third-order valence-corrected chi connectivity index (χ3v) is 2.58. The van der Waals surface area contributed by atoms with E-state index in [-0.39, 0.29) is 16.7 Å². The Morgan fingerprint density at radius 1 is 1.47 bits per heavy atom. The molecule has 4 nitrogen and oxygen atoms in total. The van der Waals surface area contributed by atoms with Crippen LogP contribution < -0.4 is 10.9 Å². The minimum atomic E-state index is -0.447. The zero-order valence-electron chi connectivity index (χ0n) is 8.92. The van der Waals surface area contributed by atoms with Crippen LogP contribution >= 0.6 is 11.6 Å². The molecule has 0 saturated carbocycles. The van der Waals surface area contributed by atoms with E-state index in [1.54, 1.807) is 19.1 Å². The van der Waals surface area contributed by atoms with Gasteiger partial charge in [0.15, 0.2) is 5.82 Å². The van der Waals surface area contributed by atoms with Gasteiger partial charge in [0.25, 0.3) is 5.56 Å². The molecule has 17 heavy (non-hydrogen) atoms. The normalized spacial score (nSPS) is 10.3. The Hall–Kier alpha value is -1.88. The van der Waals surface area contributed by atoms with Gasteiger partial charge in [-0.1, -0.05) is 17.7 Å². The van der Waals surface area contributed by atoms with Crippen molar-refractivity contribution >= 4 is 23.1 Å². The maximum atomic E-state index is 13.3. The average Bonchev–Trinajstić information content (AvgIpc) is 2.30. The molecule has 0 amide bonds. The van der Waals surface area contributed by atoms with Gasteiger partial charge in [0.1, 0.15) is 10.8 Å². The number of anilines is 2. The van der Waals surface area contributed by atoms with Crippen molar-refractivity contribution in [3.8, 4) is 0 Å². The van der Waals surface area contributed by atoms with E-state index < -0.39 is 5.56 Å². The van der Waals surface area contributed by atoms with Gasteiger partial charge in [-0.15, -0.1) is 0 Å². The summed E-state index contributed by atoms with van der Waals surface area (Å²) in [5.41, 5.74) is 0.574. The fraction of sp³-hybridized carbons (Fsp3) is 0.0909. The molecular weight excluding hydrogens is 245 g/mol. The summed E-state index contributed by atoms with van der Waals surface area (Å²) in [6.07, 6.45) is 1.22. The minimum absolute atomic E-state index is 0.0616. The molecule has 0 aliphatic rings. The van der Waals surface area contributed by atoms with Gasteiger partial charge in [-0.2, -0.15) is 0 Å². The van der Waals surface area contributed by atoms with Gasteiger partial charge in [0, 0.05) is 5.69 Å². The molecule has 2 rings (SSSR count). The van der Waals surface area contributed by atoms with Gasteiger partial charge in [0.2, 0.25) is 0 Å². The van der Waals surface area contributed by atoms with E-state index in [0.717, 1.165) is 0 Å². The molecule has 0 unspecified atom stereocenters. The zero-order valence-corrected chi connectivity index (χ0v) is 9.68. The van der Waals surface area contributed by atoms with Gasteiger partial charge in [-0.25, -0.2) is 9.37 Å². The first-order valence-electron chi connectivity index (χ1n) is 4.84. The highest BCUT2D eigenvalue weighted by atomic mass is 35.5. The van der Waals surface area contributed by atoms with Crippen LogP contribution in [0.5, 0.6) is 0 Å². The maximum Gasteiger partial charge on any atom is 0.271 e. The molecule has 6 heteroatoms. The first-order chi connectivity index (χ1) is 8.08. The Labute approximate surface area is 101 Å². The summed E-state index contributed by atoms with van der Waals surface area (Å²) < 4.78 is 13.3. The van der Waals surface area contributed by atoms with Crippen LogP contribution in [0.1, 0.15) is 5.56 Å². The van der Waals surface area contributed by atoms with Gasteiger partial charge < -0.3 is 10.3 Å². The van der Waals surface area contributed by atoms with Crippen molar-refractivity contribution in [2.24, 2.45) is 0 Å². The molecule has 0 saturated heterocycles. The molecule has 1 aromatic heterocycles. The van der Waals surface area contributed by atoms with E-state index >= 15 is 0 Å². The molecule has 0 bridgehead atoms. The van der Waals surface area contributed by atoms with E-state index in [2.05, 4.69) is 15.3 Å². The topological polar surface area (TPSA) is 57.8 Å². The number of benzene rings is 1. The Balaban J connectivity index is 2.35. The van der Waals surface area contributed by atoms with Gasteiger partial charge >= 0.3 is 0 Å². The molecule has 88 valence electrons. The number of aryl methyl sites for hydroxylation is 1. The summed E-state index contributed by atoms with van der Waals surface area (Å²) >= 11 is 5.75. The fourth-order valence-electron chi connectivity index (χ4n) is 1.28. The summed E-state index contributed by atoms with van der Waals surface area (Å²) in [5, 5.41) is 2.72. The van der Waals surface area contributed by atoms with Gasteiger partial charge in [-0.3, -0.25) is 4.79 Å². The number of rotatable bonds is 2. The number of aromatic amines is 1. The van der Waals surface area contributed by atoms with Crippen LogP contribution in [-0.2, 0) is 0 Å². The third-order valence-electron chi connectivity index (χ3n) is 2.23. The Morgan fingerprint density at radius 3 is 2.94 bits per heavy atom. The SMILES string of the molecule is Cc1ccc(Nc2nc[nH]c(=O)c2Cl)cc1F. The van der Waals surface area contributed by atoms with Crippen molar-refractivity contribution in [2.45, 2.75) is 6.92 Å². The monoisotopic (exact) mass is 253 g/mol. The number of hydrogen-bond donors (Lipinski definition) is 2. The van der Waals surface area contributed by atoms with Crippen LogP contribution in [-0.4, -0.2) is 9.97 Å². The van der Waals surface area contributed by atoms with E-state index in [4.69, 9.17) is 11.6 Å².